The van der Waals surface area contributed by atoms with E-state index >= 15 is 0 Å². The van der Waals surface area contributed by atoms with Gasteiger partial charge >= 0.3 is 0 Å². The molecule has 1 heterocycles. The topological polar surface area (TPSA) is 20.3 Å². The van der Waals surface area contributed by atoms with Crippen molar-refractivity contribution in [2.75, 3.05) is 11.5 Å². The Balaban J connectivity index is 2.80. The highest BCUT2D eigenvalue weighted by Crippen LogP contribution is 2.39. The first-order chi connectivity index (χ1) is 6.03. The predicted octanol–water partition coefficient (Wildman–Crippen LogP) is 2.01. The molecule has 0 aromatic rings. The van der Waals surface area contributed by atoms with E-state index in [0.717, 1.165) is 11.5 Å². The lowest BCUT2D eigenvalue weighted by Crippen LogP contribution is -2.47. The predicted molar refractivity (Wildman–Crippen MR) is 61.3 cm³/mol. The van der Waals surface area contributed by atoms with E-state index in [2.05, 4.69) is 26.5 Å². The van der Waals surface area contributed by atoms with Gasteiger partial charge in [-0.25, -0.2) is 0 Å². The van der Waals surface area contributed by atoms with Crippen molar-refractivity contribution < 1.29 is 4.79 Å². The van der Waals surface area contributed by atoms with Crippen LogP contribution in [0, 0.1) is 0 Å². The van der Waals surface area contributed by atoms with Crippen LogP contribution in [0.4, 0.5) is 0 Å². The zero-order valence-electron chi connectivity index (χ0n) is 8.41. The van der Waals surface area contributed by atoms with Gasteiger partial charge in [-0.2, -0.15) is 12.6 Å². The lowest BCUT2D eigenvalue weighted by molar-refractivity contribution is -0.134. The summed E-state index contributed by atoms with van der Waals surface area (Å²) in [6.07, 6.45) is 0.592. The van der Waals surface area contributed by atoms with Crippen molar-refractivity contribution in [3.8, 4) is 0 Å². The van der Waals surface area contributed by atoms with E-state index in [0.29, 0.717) is 12.5 Å². The number of thioether (sulfide) groups is 1. The summed E-state index contributed by atoms with van der Waals surface area (Å²) in [6, 6.07) is 0.316. The number of amides is 1. The van der Waals surface area contributed by atoms with Gasteiger partial charge in [0.15, 0.2) is 0 Å². The number of carbonyl (C=O) groups is 1. The van der Waals surface area contributed by atoms with Gasteiger partial charge < -0.3 is 4.90 Å². The SMILES string of the molecule is CCC(=O)N1C(CS)CSC1(C)C. The molecule has 1 atom stereocenters. The zero-order valence-corrected chi connectivity index (χ0v) is 10.1. The van der Waals surface area contributed by atoms with E-state index < -0.39 is 0 Å². The third-order valence-electron chi connectivity index (χ3n) is 2.36. The monoisotopic (exact) mass is 219 g/mol. The molecule has 1 rings (SSSR count). The van der Waals surface area contributed by atoms with Crippen molar-refractivity contribution in [2.45, 2.75) is 38.1 Å². The Hall–Kier alpha value is 0.170. The standard InChI is InChI=1S/C9H17NOS2/c1-4-8(11)10-7(5-12)6-13-9(10,2)3/h7,12H,4-6H2,1-3H3. The van der Waals surface area contributed by atoms with Gasteiger partial charge in [0.25, 0.3) is 0 Å². The molecule has 0 aliphatic carbocycles. The van der Waals surface area contributed by atoms with Crippen LogP contribution in [0.3, 0.4) is 0 Å². The summed E-state index contributed by atoms with van der Waals surface area (Å²) >= 11 is 6.12. The molecule has 1 aliphatic heterocycles. The minimum atomic E-state index is -0.0412. The van der Waals surface area contributed by atoms with Crippen LogP contribution in [0.2, 0.25) is 0 Å². The lowest BCUT2D eigenvalue weighted by atomic mass is 10.2. The molecule has 0 N–H and O–H groups in total. The summed E-state index contributed by atoms with van der Waals surface area (Å²) in [5.74, 6) is 2.03. The smallest absolute Gasteiger partial charge is 0.223 e. The van der Waals surface area contributed by atoms with Crippen LogP contribution in [0.1, 0.15) is 27.2 Å². The summed E-state index contributed by atoms with van der Waals surface area (Å²) in [5.41, 5.74) is 0. The highest BCUT2D eigenvalue weighted by Gasteiger charge is 2.41. The van der Waals surface area contributed by atoms with Gasteiger partial charge in [-0.05, 0) is 13.8 Å². The van der Waals surface area contributed by atoms with Gasteiger partial charge in [-0.15, -0.1) is 11.8 Å². The molecule has 76 valence electrons. The van der Waals surface area contributed by atoms with Gasteiger partial charge in [-0.3, -0.25) is 4.79 Å². The maximum Gasteiger partial charge on any atom is 0.223 e. The van der Waals surface area contributed by atoms with E-state index in [9.17, 15) is 4.79 Å². The molecule has 1 aliphatic rings. The second-order valence-corrected chi connectivity index (χ2v) is 5.70. The van der Waals surface area contributed by atoms with Crippen LogP contribution >= 0.6 is 24.4 Å². The van der Waals surface area contributed by atoms with E-state index in [1.54, 1.807) is 0 Å². The molecule has 1 saturated heterocycles. The number of nitrogens with zero attached hydrogens (tertiary/aromatic N) is 1. The number of carbonyl (C=O) groups excluding carboxylic acids is 1. The van der Waals surface area contributed by atoms with E-state index in [1.165, 1.54) is 0 Å². The maximum atomic E-state index is 11.7. The molecule has 4 heteroatoms. The average molecular weight is 219 g/mol. The second-order valence-electron chi connectivity index (χ2n) is 3.71. The highest BCUT2D eigenvalue weighted by atomic mass is 32.2. The number of thiol groups is 1. The van der Waals surface area contributed by atoms with Crippen molar-refractivity contribution in [3.05, 3.63) is 0 Å². The second kappa shape index (κ2) is 4.13. The first-order valence-corrected chi connectivity index (χ1v) is 6.21. The molecule has 1 amide bonds. The Labute approximate surface area is 89.9 Å². The van der Waals surface area contributed by atoms with Crippen molar-refractivity contribution in [1.29, 1.82) is 0 Å². The summed E-state index contributed by atoms with van der Waals surface area (Å²) in [7, 11) is 0. The van der Waals surface area contributed by atoms with E-state index in [1.807, 2.05) is 23.6 Å². The average Bonchev–Trinajstić information content (AvgIpc) is 2.39. The fourth-order valence-corrected chi connectivity index (χ4v) is 3.42. The van der Waals surface area contributed by atoms with Gasteiger partial charge in [-0.1, -0.05) is 6.92 Å². The number of hydrogen-bond acceptors (Lipinski definition) is 3. The minimum absolute atomic E-state index is 0.0412. The molecular formula is C9H17NOS2. The van der Waals surface area contributed by atoms with Crippen LogP contribution < -0.4 is 0 Å². The van der Waals surface area contributed by atoms with E-state index in [4.69, 9.17) is 0 Å². The summed E-state index contributed by atoms with van der Waals surface area (Å²) in [5, 5.41) is 0. The van der Waals surface area contributed by atoms with Crippen molar-refractivity contribution >= 4 is 30.3 Å². The molecule has 0 aromatic carbocycles. The minimum Gasteiger partial charge on any atom is -0.324 e. The summed E-state index contributed by atoms with van der Waals surface area (Å²) in [6.45, 7) is 6.13. The van der Waals surface area contributed by atoms with Crippen LogP contribution in [-0.4, -0.2) is 33.2 Å². The Morgan fingerprint density at radius 2 is 2.31 bits per heavy atom. The summed E-state index contributed by atoms with van der Waals surface area (Å²) < 4.78 is 0. The molecule has 0 saturated carbocycles. The fraction of sp³-hybridized carbons (Fsp3) is 0.889. The maximum absolute atomic E-state index is 11.7. The van der Waals surface area contributed by atoms with Crippen LogP contribution in [-0.2, 0) is 4.79 Å². The third kappa shape index (κ3) is 2.15. The fourth-order valence-electron chi connectivity index (χ4n) is 1.69. The Kier molecular flexibility index (Phi) is 3.57. The van der Waals surface area contributed by atoms with Crippen LogP contribution in [0.15, 0.2) is 0 Å². The Morgan fingerprint density at radius 1 is 1.69 bits per heavy atom. The van der Waals surface area contributed by atoms with Gasteiger partial charge in [0, 0.05) is 17.9 Å². The molecule has 0 spiro atoms. The summed E-state index contributed by atoms with van der Waals surface area (Å²) in [4.78, 5) is 13.6. The Bertz CT molecular complexity index is 206. The number of hydrogen-bond donors (Lipinski definition) is 1. The normalized spacial score (nSPS) is 26.5. The Morgan fingerprint density at radius 3 is 2.77 bits per heavy atom. The van der Waals surface area contributed by atoms with Crippen molar-refractivity contribution in [1.82, 2.24) is 4.90 Å². The molecule has 0 bridgehead atoms. The largest absolute Gasteiger partial charge is 0.324 e. The first kappa shape index (κ1) is 11.2. The highest BCUT2D eigenvalue weighted by molar-refractivity contribution is 8.00. The first-order valence-electron chi connectivity index (χ1n) is 4.60. The molecule has 1 unspecified atom stereocenters. The van der Waals surface area contributed by atoms with E-state index in [-0.39, 0.29) is 10.8 Å². The molecule has 2 nitrogen and oxygen atoms in total. The molecule has 13 heavy (non-hydrogen) atoms. The quantitative estimate of drug-likeness (QED) is 0.717. The lowest BCUT2D eigenvalue weighted by Gasteiger charge is -2.34. The molecule has 1 fully saturated rings. The van der Waals surface area contributed by atoms with Crippen LogP contribution in [0.5, 0.6) is 0 Å². The zero-order chi connectivity index (χ0) is 10.1. The van der Waals surface area contributed by atoms with Gasteiger partial charge in [0.1, 0.15) is 0 Å². The van der Waals surface area contributed by atoms with Crippen molar-refractivity contribution in [3.63, 3.8) is 0 Å². The van der Waals surface area contributed by atoms with Gasteiger partial charge in [0.2, 0.25) is 5.91 Å². The van der Waals surface area contributed by atoms with Gasteiger partial charge in [0.05, 0.1) is 10.9 Å². The van der Waals surface area contributed by atoms with Crippen molar-refractivity contribution in [2.24, 2.45) is 0 Å². The third-order valence-corrected chi connectivity index (χ3v) is 4.23. The number of rotatable bonds is 2. The van der Waals surface area contributed by atoms with Crippen LogP contribution in [0.25, 0.3) is 0 Å². The molecule has 0 aromatic heterocycles. The molecular weight excluding hydrogens is 202 g/mol. The molecule has 0 radical (unpaired) electrons.